The van der Waals surface area contributed by atoms with Crippen LogP contribution >= 0.6 is 11.6 Å². The fourth-order valence-electron chi connectivity index (χ4n) is 2.83. The van der Waals surface area contributed by atoms with Crippen molar-refractivity contribution in [1.29, 1.82) is 0 Å². The first kappa shape index (κ1) is 19.0. The van der Waals surface area contributed by atoms with E-state index in [0.29, 0.717) is 12.0 Å². The van der Waals surface area contributed by atoms with Crippen LogP contribution in [0.25, 0.3) is 5.69 Å². The van der Waals surface area contributed by atoms with E-state index in [2.05, 4.69) is 10.4 Å². The zero-order valence-corrected chi connectivity index (χ0v) is 15.4. The molecular formula is C20H18ClF2N3O. The van der Waals surface area contributed by atoms with Gasteiger partial charge in [-0.1, -0.05) is 24.6 Å². The molecule has 0 radical (unpaired) electrons. The third kappa shape index (κ3) is 4.52. The van der Waals surface area contributed by atoms with E-state index in [1.807, 2.05) is 6.92 Å². The van der Waals surface area contributed by atoms with E-state index in [1.165, 1.54) is 24.3 Å². The summed E-state index contributed by atoms with van der Waals surface area (Å²) in [6.45, 7) is 2.18. The first-order valence-electron chi connectivity index (χ1n) is 8.50. The quantitative estimate of drug-likeness (QED) is 0.686. The maximum Gasteiger partial charge on any atom is 0.224 e. The van der Waals surface area contributed by atoms with Gasteiger partial charge in [-0.25, -0.2) is 13.5 Å². The first-order valence-corrected chi connectivity index (χ1v) is 8.88. The molecule has 0 bridgehead atoms. The molecule has 3 aromatic rings. The second-order valence-corrected chi connectivity index (χ2v) is 6.45. The van der Waals surface area contributed by atoms with Crippen molar-refractivity contribution in [3.8, 4) is 5.69 Å². The number of hydrogen-bond donors (Lipinski definition) is 1. The van der Waals surface area contributed by atoms with Gasteiger partial charge in [-0.2, -0.15) is 5.10 Å². The smallest absolute Gasteiger partial charge is 0.224 e. The zero-order valence-electron chi connectivity index (χ0n) is 14.7. The number of carbonyl (C=O) groups excluding carboxylic acids is 1. The molecule has 1 amide bonds. The van der Waals surface area contributed by atoms with Crippen LogP contribution in [0.1, 0.15) is 23.7 Å². The Morgan fingerprint density at radius 3 is 2.48 bits per heavy atom. The monoisotopic (exact) mass is 389 g/mol. The van der Waals surface area contributed by atoms with Gasteiger partial charge >= 0.3 is 0 Å². The van der Waals surface area contributed by atoms with E-state index in [0.717, 1.165) is 16.9 Å². The number of nitrogens with one attached hydrogen (secondary N) is 1. The molecule has 0 aliphatic heterocycles. The summed E-state index contributed by atoms with van der Waals surface area (Å²) in [5.74, 6) is -0.928. The lowest BCUT2D eigenvalue weighted by atomic mass is 10.1. The van der Waals surface area contributed by atoms with Gasteiger partial charge < -0.3 is 5.32 Å². The fourth-order valence-corrected chi connectivity index (χ4v) is 3.07. The molecule has 7 heteroatoms. The summed E-state index contributed by atoms with van der Waals surface area (Å²) >= 11 is 5.97. The minimum Gasteiger partial charge on any atom is -0.352 e. The molecule has 1 N–H and O–H groups in total. The van der Waals surface area contributed by atoms with Crippen molar-refractivity contribution >= 4 is 17.5 Å². The van der Waals surface area contributed by atoms with Crippen molar-refractivity contribution in [2.24, 2.45) is 0 Å². The summed E-state index contributed by atoms with van der Waals surface area (Å²) in [5, 5.41) is 7.39. The lowest BCUT2D eigenvalue weighted by Gasteiger charge is -2.09. The standard InChI is InChI=1S/C20H18ClF2N3O/c1-2-19-14(12-25-26(19)17-7-5-15(22)6-8-17)9-20(27)24-11-13-3-4-16(23)10-18(13)21/h3-8,10,12H,2,9,11H2,1H3,(H,24,27). The number of benzene rings is 2. The predicted molar refractivity (Wildman–Crippen MR) is 99.9 cm³/mol. The molecule has 4 nitrogen and oxygen atoms in total. The largest absolute Gasteiger partial charge is 0.352 e. The number of aromatic nitrogens is 2. The number of amides is 1. The van der Waals surface area contributed by atoms with Crippen molar-refractivity contribution in [3.05, 3.63) is 82.1 Å². The van der Waals surface area contributed by atoms with Crippen LogP contribution in [0.4, 0.5) is 8.78 Å². The molecular weight excluding hydrogens is 372 g/mol. The van der Waals surface area contributed by atoms with Gasteiger partial charge in [0.2, 0.25) is 5.91 Å². The number of rotatable bonds is 6. The highest BCUT2D eigenvalue weighted by Crippen LogP contribution is 2.18. The number of hydrogen-bond acceptors (Lipinski definition) is 2. The third-order valence-corrected chi connectivity index (χ3v) is 4.56. The van der Waals surface area contributed by atoms with Gasteiger partial charge in [0.15, 0.2) is 0 Å². The molecule has 0 saturated carbocycles. The van der Waals surface area contributed by atoms with E-state index < -0.39 is 5.82 Å². The molecule has 1 aromatic heterocycles. The van der Waals surface area contributed by atoms with Crippen molar-refractivity contribution < 1.29 is 13.6 Å². The molecule has 0 aliphatic carbocycles. The van der Waals surface area contributed by atoms with Crippen LogP contribution in [0, 0.1) is 11.6 Å². The summed E-state index contributed by atoms with van der Waals surface area (Å²) < 4.78 is 27.9. The molecule has 3 rings (SSSR count). The molecule has 0 fully saturated rings. The lowest BCUT2D eigenvalue weighted by molar-refractivity contribution is -0.120. The zero-order chi connectivity index (χ0) is 19.4. The Kier molecular flexibility index (Phi) is 5.86. The van der Waals surface area contributed by atoms with E-state index >= 15 is 0 Å². The summed E-state index contributed by atoms with van der Waals surface area (Å²) in [6, 6.07) is 10.1. The summed E-state index contributed by atoms with van der Waals surface area (Å²) in [6.07, 6.45) is 2.47. The van der Waals surface area contributed by atoms with Crippen LogP contribution in [0.2, 0.25) is 5.02 Å². The van der Waals surface area contributed by atoms with Gasteiger partial charge in [0.05, 0.1) is 18.3 Å². The lowest BCUT2D eigenvalue weighted by Crippen LogP contribution is -2.25. The Labute approximate surface area is 160 Å². The van der Waals surface area contributed by atoms with Gasteiger partial charge in [-0.15, -0.1) is 0 Å². The normalized spacial score (nSPS) is 10.8. The van der Waals surface area contributed by atoms with E-state index in [9.17, 15) is 13.6 Å². The van der Waals surface area contributed by atoms with Crippen molar-refractivity contribution in [2.45, 2.75) is 26.3 Å². The average Bonchev–Trinajstić information content (AvgIpc) is 3.04. The molecule has 27 heavy (non-hydrogen) atoms. The molecule has 0 aliphatic rings. The minimum absolute atomic E-state index is 0.156. The summed E-state index contributed by atoms with van der Waals surface area (Å²) in [5.41, 5.74) is 3.06. The van der Waals surface area contributed by atoms with Gasteiger partial charge in [0.25, 0.3) is 0 Å². The van der Waals surface area contributed by atoms with E-state index in [-0.39, 0.29) is 29.7 Å². The maximum atomic E-state index is 13.1. The van der Waals surface area contributed by atoms with Crippen molar-refractivity contribution in [3.63, 3.8) is 0 Å². The summed E-state index contributed by atoms with van der Waals surface area (Å²) in [4.78, 5) is 12.3. The Hall–Kier alpha value is -2.73. The fraction of sp³-hybridized carbons (Fsp3) is 0.200. The Morgan fingerprint density at radius 1 is 1.11 bits per heavy atom. The summed E-state index contributed by atoms with van der Waals surface area (Å²) in [7, 11) is 0. The molecule has 0 saturated heterocycles. The first-order chi connectivity index (χ1) is 13.0. The van der Waals surface area contributed by atoms with Crippen LogP contribution in [0.15, 0.2) is 48.7 Å². The number of nitrogens with zero attached hydrogens (tertiary/aromatic N) is 2. The van der Waals surface area contributed by atoms with Gasteiger partial charge in [-0.05, 0) is 48.4 Å². The average molecular weight is 390 g/mol. The third-order valence-electron chi connectivity index (χ3n) is 4.20. The predicted octanol–water partition coefficient (Wildman–Crippen LogP) is 4.23. The van der Waals surface area contributed by atoms with Crippen LogP contribution in [-0.2, 0) is 24.2 Å². The Morgan fingerprint density at radius 2 is 1.81 bits per heavy atom. The van der Waals surface area contributed by atoms with E-state index in [1.54, 1.807) is 29.1 Å². The van der Waals surface area contributed by atoms with Crippen molar-refractivity contribution in [1.82, 2.24) is 15.1 Å². The van der Waals surface area contributed by atoms with Crippen LogP contribution in [0.5, 0.6) is 0 Å². The SMILES string of the molecule is CCc1c(CC(=O)NCc2ccc(F)cc2Cl)cnn1-c1ccc(F)cc1. The molecule has 0 spiro atoms. The van der Waals surface area contributed by atoms with Crippen LogP contribution in [0.3, 0.4) is 0 Å². The minimum atomic E-state index is -0.420. The number of carbonyl (C=O) groups is 1. The van der Waals surface area contributed by atoms with Gasteiger partial charge in [0, 0.05) is 22.8 Å². The Balaban J connectivity index is 1.70. The highest BCUT2D eigenvalue weighted by atomic mass is 35.5. The molecule has 0 unspecified atom stereocenters. The molecule has 140 valence electrons. The highest BCUT2D eigenvalue weighted by Gasteiger charge is 2.14. The highest BCUT2D eigenvalue weighted by molar-refractivity contribution is 6.31. The van der Waals surface area contributed by atoms with Gasteiger partial charge in [-0.3, -0.25) is 4.79 Å². The van der Waals surface area contributed by atoms with Gasteiger partial charge in [0.1, 0.15) is 11.6 Å². The Bertz CT molecular complexity index is 954. The van der Waals surface area contributed by atoms with Crippen LogP contribution < -0.4 is 5.32 Å². The van der Waals surface area contributed by atoms with Crippen molar-refractivity contribution in [2.75, 3.05) is 0 Å². The second kappa shape index (κ2) is 8.31. The molecule has 1 heterocycles. The number of halogens is 3. The topological polar surface area (TPSA) is 46.9 Å². The second-order valence-electron chi connectivity index (χ2n) is 6.05. The van der Waals surface area contributed by atoms with E-state index in [4.69, 9.17) is 11.6 Å². The van der Waals surface area contributed by atoms with Crippen LogP contribution in [-0.4, -0.2) is 15.7 Å². The molecule has 0 atom stereocenters. The maximum absolute atomic E-state index is 13.1. The molecule has 2 aromatic carbocycles.